The maximum absolute atomic E-state index is 13.3. The molecule has 1 unspecified atom stereocenters. The van der Waals surface area contributed by atoms with Crippen molar-refractivity contribution in [3.8, 4) is 5.75 Å². The summed E-state index contributed by atoms with van der Waals surface area (Å²) in [5, 5.41) is 30.3. The zero-order valence-corrected chi connectivity index (χ0v) is 21.7. The topological polar surface area (TPSA) is 149 Å². The van der Waals surface area contributed by atoms with Gasteiger partial charge in [0.1, 0.15) is 11.8 Å². The molecule has 4 rings (SSSR count). The number of amides is 3. The Kier molecular flexibility index (Phi) is 9.34. The second-order valence-electron chi connectivity index (χ2n) is 9.20. The Morgan fingerprint density at radius 2 is 1.40 bits per heavy atom. The highest BCUT2D eigenvalue weighted by Gasteiger charge is 2.24. The van der Waals surface area contributed by atoms with E-state index in [0.717, 1.165) is 16.7 Å². The number of carbonyl (C=O) groups excluding carboxylic acids is 2. The van der Waals surface area contributed by atoms with Crippen molar-refractivity contribution in [1.82, 2.24) is 16.0 Å². The van der Waals surface area contributed by atoms with Crippen LogP contribution in [-0.4, -0.2) is 34.1 Å². The minimum atomic E-state index is -0.938. The molecule has 4 aromatic carbocycles. The average molecular weight is 538 g/mol. The molecule has 0 bridgehead atoms. The fraction of sp³-hybridized carbons (Fsp3) is 0.129. The number of nitrogens with zero attached hydrogens (tertiary/aromatic N) is 1. The summed E-state index contributed by atoms with van der Waals surface area (Å²) in [7, 11) is 0. The number of phenolic OH excluding ortho intramolecular Hbond substituents is 1. The molecule has 0 aliphatic rings. The lowest BCUT2D eigenvalue weighted by atomic mass is 9.99. The monoisotopic (exact) mass is 537 g/mol. The molecule has 0 aromatic heterocycles. The molecule has 7 N–H and O–H groups in total. The quantitative estimate of drug-likeness (QED) is 0.0788. The third-order valence-electron chi connectivity index (χ3n) is 6.34. The highest BCUT2D eigenvalue weighted by Crippen LogP contribution is 2.21. The highest BCUT2D eigenvalue weighted by molar-refractivity contribution is 5.97. The Morgan fingerprint density at radius 1 is 0.775 bits per heavy atom. The Labute approximate surface area is 232 Å². The molecule has 1 atom stereocenters. The van der Waals surface area contributed by atoms with Crippen LogP contribution < -0.4 is 21.7 Å². The van der Waals surface area contributed by atoms with Crippen molar-refractivity contribution in [1.29, 1.82) is 0 Å². The van der Waals surface area contributed by atoms with Gasteiger partial charge in [0, 0.05) is 18.5 Å². The average Bonchev–Trinajstić information content (AvgIpc) is 2.99. The predicted octanol–water partition coefficient (Wildman–Crippen LogP) is 3.80. The molecule has 0 spiro atoms. The van der Waals surface area contributed by atoms with Crippen molar-refractivity contribution >= 4 is 17.8 Å². The van der Waals surface area contributed by atoms with Crippen LogP contribution in [0.2, 0.25) is 0 Å². The van der Waals surface area contributed by atoms with Crippen molar-refractivity contribution < 1.29 is 19.9 Å². The Bertz CT molecular complexity index is 1400. The summed E-state index contributed by atoms with van der Waals surface area (Å²) < 4.78 is 0. The van der Waals surface area contributed by atoms with Crippen LogP contribution in [-0.2, 0) is 17.8 Å². The summed E-state index contributed by atoms with van der Waals surface area (Å²) >= 11 is 0. The van der Waals surface area contributed by atoms with Gasteiger partial charge < -0.3 is 32.0 Å². The smallest absolute Gasteiger partial charge is 0.316 e. The molecule has 0 fully saturated rings. The van der Waals surface area contributed by atoms with Crippen LogP contribution >= 0.6 is 0 Å². The minimum absolute atomic E-state index is 0.0607. The number of hydrogen-bond donors (Lipinski definition) is 6. The second-order valence-corrected chi connectivity index (χ2v) is 9.20. The standard InChI is InChI=1S/C31H31N5O4/c32-29(36-40)25-13-7-8-22(18-25)19-27(30(38)33-20-21-14-16-26(37)17-15-21)34-31(39)35-28(23-9-3-1-4-10-23)24-11-5-2-6-12-24/h1-18,27-28,37,40H,19-20H2,(H2,32,36)(H,33,38)(H2,34,35,39). The molecule has 0 saturated carbocycles. The number of oxime groups is 1. The first-order valence-corrected chi connectivity index (χ1v) is 12.7. The molecule has 0 saturated heterocycles. The van der Waals surface area contributed by atoms with E-state index in [-0.39, 0.29) is 24.6 Å². The molecule has 0 aliphatic heterocycles. The number of amidine groups is 1. The van der Waals surface area contributed by atoms with E-state index < -0.39 is 24.0 Å². The molecule has 40 heavy (non-hydrogen) atoms. The summed E-state index contributed by atoms with van der Waals surface area (Å²) in [6.45, 7) is 0.208. The van der Waals surface area contributed by atoms with Crippen LogP contribution in [0.3, 0.4) is 0 Å². The lowest BCUT2D eigenvalue weighted by molar-refractivity contribution is -0.123. The van der Waals surface area contributed by atoms with Gasteiger partial charge in [0.2, 0.25) is 5.91 Å². The van der Waals surface area contributed by atoms with Gasteiger partial charge in [-0.3, -0.25) is 4.79 Å². The molecule has 4 aromatic rings. The van der Waals surface area contributed by atoms with Crippen molar-refractivity contribution in [3.63, 3.8) is 0 Å². The first kappa shape index (κ1) is 27.7. The molecular weight excluding hydrogens is 506 g/mol. The van der Waals surface area contributed by atoms with Gasteiger partial charge in [-0.05, 0) is 40.5 Å². The third-order valence-corrected chi connectivity index (χ3v) is 6.34. The normalized spacial score (nSPS) is 12.0. The summed E-state index contributed by atoms with van der Waals surface area (Å²) in [6.07, 6.45) is 0.155. The van der Waals surface area contributed by atoms with E-state index in [9.17, 15) is 14.7 Å². The molecular formula is C31H31N5O4. The van der Waals surface area contributed by atoms with Crippen LogP contribution in [0.25, 0.3) is 0 Å². The van der Waals surface area contributed by atoms with Crippen molar-refractivity contribution in [2.24, 2.45) is 10.9 Å². The molecule has 9 heteroatoms. The van der Waals surface area contributed by atoms with E-state index in [2.05, 4.69) is 21.1 Å². The van der Waals surface area contributed by atoms with Crippen LogP contribution in [0.1, 0.15) is 33.9 Å². The van der Waals surface area contributed by atoms with Crippen LogP contribution in [0.15, 0.2) is 114 Å². The molecule has 204 valence electrons. The van der Waals surface area contributed by atoms with Crippen LogP contribution in [0, 0.1) is 0 Å². The molecule has 0 heterocycles. The Hall–Kier alpha value is -5.31. The van der Waals surface area contributed by atoms with Gasteiger partial charge in [0.15, 0.2) is 5.84 Å². The summed E-state index contributed by atoms with van der Waals surface area (Å²) in [5.41, 5.74) is 9.51. The fourth-order valence-electron chi connectivity index (χ4n) is 4.27. The van der Waals surface area contributed by atoms with E-state index in [0.29, 0.717) is 11.1 Å². The number of nitrogens with two attached hydrogens (primary N) is 1. The Balaban J connectivity index is 1.54. The molecule has 0 aliphatic carbocycles. The molecule has 9 nitrogen and oxygen atoms in total. The van der Waals surface area contributed by atoms with E-state index in [1.165, 1.54) is 12.1 Å². The van der Waals surface area contributed by atoms with Crippen molar-refractivity contribution in [2.45, 2.75) is 25.0 Å². The van der Waals surface area contributed by atoms with Gasteiger partial charge >= 0.3 is 6.03 Å². The van der Waals surface area contributed by atoms with Gasteiger partial charge in [0.05, 0.1) is 6.04 Å². The van der Waals surface area contributed by atoms with Gasteiger partial charge in [-0.1, -0.05) is 96.2 Å². The number of benzene rings is 4. The molecule has 3 amide bonds. The third kappa shape index (κ3) is 7.61. The van der Waals surface area contributed by atoms with Gasteiger partial charge in [-0.2, -0.15) is 0 Å². The van der Waals surface area contributed by atoms with Gasteiger partial charge in [0.25, 0.3) is 0 Å². The number of rotatable bonds is 10. The van der Waals surface area contributed by atoms with Crippen LogP contribution in [0.5, 0.6) is 5.75 Å². The highest BCUT2D eigenvalue weighted by atomic mass is 16.4. The number of nitrogens with one attached hydrogen (secondary N) is 3. The second kappa shape index (κ2) is 13.5. The van der Waals surface area contributed by atoms with Crippen molar-refractivity contribution in [3.05, 3.63) is 137 Å². The zero-order chi connectivity index (χ0) is 28.3. The summed E-state index contributed by atoms with van der Waals surface area (Å²) in [5.74, 6) is -0.328. The van der Waals surface area contributed by atoms with E-state index in [4.69, 9.17) is 10.9 Å². The van der Waals surface area contributed by atoms with E-state index in [1.807, 2.05) is 60.7 Å². The van der Waals surface area contributed by atoms with E-state index in [1.54, 1.807) is 36.4 Å². The van der Waals surface area contributed by atoms with Gasteiger partial charge in [-0.15, -0.1) is 0 Å². The first-order chi connectivity index (χ1) is 19.4. The number of aromatic hydroxyl groups is 1. The summed E-state index contributed by atoms with van der Waals surface area (Å²) in [6, 6.07) is 30.6. The SMILES string of the molecule is N/C(=N/O)c1cccc(CC(NC(=O)NC(c2ccccc2)c2ccccc2)C(=O)NCc2ccc(O)cc2)c1. The Morgan fingerprint density at radius 3 is 2.00 bits per heavy atom. The summed E-state index contributed by atoms with van der Waals surface area (Å²) in [4.78, 5) is 26.7. The first-order valence-electron chi connectivity index (χ1n) is 12.7. The zero-order valence-electron chi connectivity index (χ0n) is 21.7. The van der Waals surface area contributed by atoms with E-state index >= 15 is 0 Å². The fourth-order valence-corrected chi connectivity index (χ4v) is 4.27. The number of phenols is 1. The largest absolute Gasteiger partial charge is 0.508 e. The number of urea groups is 1. The minimum Gasteiger partial charge on any atom is -0.508 e. The number of carbonyl (C=O) groups is 2. The molecule has 0 radical (unpaired) electrons. The lowest BCUT2D eigenvalue weighted by Crippen LogP contribution is -2.51. The van der Waals surface area contributed by atoms with Crippen molar-refractivity contribution in [2.75, 3.05) is 0 Å². The predicted molar refractivity (Wildman–Crippen MR) is 153 cm³/mol. The maximum Gasteiger partial charge on any atom is 0.316 e. The maximum atomic E-state index is 13.3. The van der Waals surface area contributed by atoms with Gasteiger partial charge in [-0.25, -0.2) is 4.79 Å². The lowest BCUT2D eigenvalue weighted by Gasteiger charge is -2.23. The van der Waals surface area contributed by atoms with Crippen LogP contribution in [0.4, 0.5) is 4.79 Å². The number of hydrogen-bond acceptors (Lipinski definition) is 5.